The van der Waals surface area contributed by atoms with Crippen molar-refractivity contribution in [3.8, 4) is 11.1 Å². The molecule has 6 aromatic carbocycles. The summed E-state index contributed by atoms with van der Waals surface area (Å²) < 4.78 is 0. The van der Waals surface area contributed by atoms with Crippen molar-refractivity contribution in [1.82, 2.24) is 0 Å². The Morgan fingerprint density at radius 3 is 2.18 bits per heavy atom. The van der Waals surface area contributed by atoms with Crippen LogP contribution < -0.4 is 4.90 Å². The Morgan fingerprint density at radius 2 is 1.35 bits per heavy atom. The van der Waals surface area contributed by atoms with Crippen LogP contribution in [0.3, 0.4) is 0 Å². The summed E-state index contributed by atoms with van der Waals surface area (Å²) in [5.41, 5.74) is 14.1. The monoisotopic (exact) mass is 625 g/mol. The van der Waals surface area contributed by atoms with Crippen molar-refractivity contribution in [1.29, 1.82) is 0 Å². The molecule has 2 aliphatic heterocycles. The highest BCUT2D eigenvalue weighted by molar-refractivity contribution is 6.25. The summed E-state index contributed by atoms with van der Waals surface area (Å²) >= 11 is 0. The lowest BCUT2D eigenvalue weighted by Gasteiger charge is -2.30. The van der Waals surface area contributed by atoms with Crippen molar-refractivity contribution in [2.75, 3.05) is 4.90 Å². The fourth-order valence-electron chi connectivity index (χ4n) is 9.56. The Hall–Kier alpha value is -5.66. The SMILES string of the molecule is C1=CC(C2=CC3C4=C(CCC=C4)N4c5ccccc5C(=C2)C34)CC(c2cccc(-c3ccc4c5ccccc5c5ccccc5c4c3)c2)=C1. The summed E-state index contributed by atoms with van der Waals surface area (Å²) in [5, 5.41) is 7.91. The van der Waals surface area contributed by atoms with Crippen LogP contribution in [-0.4, -0.2) is 6.04 Å². The van der Waals surface area contributed by atoms with Gasteiger partial charge in [-0.15, -0.1) is 0 Å². The molecule has 0 amide bonds. The number of hydrogen-bond donors (Lipinski definition) is 0. The fraction of sp³-hybridized carbons (Fsp3) is 0.125. The number of fused-ring (bicyclic) bond motifs is 11. The van der Waals surface area contributed by atoms with Gasteiger partial charge in [0.05, 0.1) is 6.04 Å². The van der Waals surface area contributed by atoms with Crippen LogP contribution in [0.25, 0.3) is 54.6 Å². The highest BCUT2D eigenvalue weighted by atomic mass is 15.2. The molecule has 0 saturated carbocycles. The first-order valence-electron chi connectivity index (χ1n) is 17.8. The maximum absolute atomic E-state index is 2.67. The van der Waals surface area contributed by atoms with E-state index in [1.54, 1.807) is 0 Å². The van der Waals surface area contributed by atoms with Gasteiger partial charge in [-0.1, -0.05) is 140 Å². The van der Waals surface area contributed by atoms with Gasteiger partial charge >= 0.3 is 0 Å². The van der Waals surface area contributed by atoms with E-state index < -0.39 is 0 Å². The second-order valence-electron chi connectivity index (χ2n) is 14.3. The zero-order valence-corrected chi connectivity index (χ0v) is 27.3. The molecule has 232 valence electrons. The number of rotatable bonds is 3. The molecule has 0 N–H and O–H groups in total. The Balaban J connectivity index is 0.954. The maximum atomic E-state index is 2.67. The molecule has 3 atom stereocenters. The van der Waals surface area contributed by atoms with E-state index >= 15 is 0 Å². The molecule has 0 bridgehead atoms. The molecule has 5 aliphatic rings. The van der Waals surface area contributed by atoms with Gasteiger partial charge < -0.3 is 4.90 Å². The zero-order valence-electron chi connectivity index (χ0n) is 27.3. The minimum atomic E-state index is 0.357. The summed E-state index contributed by atoms with van der Waals surface area (Å²) in [6.07, 6.45) is 20.3. The number of allylic oxidation sites excluding steroid dienone is 9. The summed E-state index contributed by atoms with van der Waals surface area (Å²) in [6, 6.07) is 43.4. The molecule has 3 unspecified atom stereocenters. The lowest BCUT2D eigenvalue weighted by atomic mass is 9.76. The quantitative estimate of drug-likeness (QED) is 0.177. The number of para-hydroxylation sites is 1. The van der Waals surface area contributed by atoms with Crippen LogP contribution in [0, 0.1) is 11.8 Å². The van der Waals surface area contributed by atoms with Crippen LogP contribution in [0.4, 0.5) is 5.69 Å². The van der Waals surface area contributed by atoms with Crippen molar-refractivity contribution in [3.63, 3.8) is 0 Å². The molecule has 6 aromatic rings. The Labute approximate surface area is 287 Å². The first kappa shape index (κ1) is 27.3. The van der Waals surface area contributed by atoms with Crippen LogP contribution in [0.2, 0.25) is 0 Å². The molecule has 11 rings (SSSR count). The van der Waals surface area contributed by atoms with E-state index in [0.29, 0.717) is 17.9 Å². The average Bonchev–Trinajstić information content (AvgIpc) is 3.70. The molecule has 1 heteroatoms. The predicted molar refractivity (Wildman–Crippen MR) is 207 cm³/mol. The van der Waals surface area contributed by atoms with Crippen LogP contribution in [0.5, 0.6) is 0 Å². The average molecular weight is 626 g/mol. The van der Waals surface area contributed by atoms with Crippen molar-refractivity contribution < 1.29 is 0 Å². The van der Waals surface area contributed by atoms with Crippen LogP contribution in [0.1, 0.15) is 30.4 Å². The molecule has 0 spiro atoms. The Morgan fingerprint density at radius 1 is 0.633 bits per heavy atom. The molecular formula is C48H35N. The first-order valence-corrected chi connectivity index (χ1v) is 17.8. The Bertz CT molecular complexity index is 2570. The standard InChI is InChI=1S/C48H35N/c1-2-17-38-36(15-1)37-16-3-4-18-39(37)43-27-34(23-24-40(38)43)32-13-9-11-30(25-32)31-12-10-14-33(26-31)35-28-44-41-19-5-7-21-46(41)49-47-22-8-6-20-42(47)45(29-35)48(44)49/h1-7,9-21,23-25,27-29,33,45,48H,8,22,26H2. The van der Waals surface area contributed by atoms with Gasteiger partial charge in [-0.3, -0.25) is 0 Å². The van der Waals surface area contributed by atoms with Crippen LogP contribution in [0.15, 0.2) is 175 Å². The highest BCUT2D eigenvalue weighted by Crippen LogP contribution is 2.56. The van der Waals surface area contributed by atoms with Gasteiger partial charge in [0.1, 0.15) is 0 Å². The molecule has 0 saturated heterocycles. The predicted octanol–water partition coefficient (Wildman–Crippen LogP) is 12.2. The number of nitrogens with zero attached hydrogens (tertiary/aromatic N) is 1. The molecule has 2 heterocycles. The third-order valence-corrected chi connectivity index (χ3v) is 11.8. The molecule has 49 heavy (non-hydrogen) atoms. The summed E-state index contributed by atoms with van der Waals surface area (Å²) in [6.45, 7) is 0. The van der Waals surface area contributed by atoms with E-state index in [1.807, 2.05) is 0 Å². The number of hydrogen-bond acceptors (Lipinski definition) is 1. The Kier molecular flexibility index (Phi) is 5.81. The third kappa shape index (κ3) is 3.99. The lowest BCUT2D eigenvalue weighted by Crippen LogP contribution is -2.31. The largest absolute Gasteiger partial charge is 0.336 e. The van der Waals surface area contributed by atoms with Crippen LogP contribution >= 0.6 is 0 Å². The summed E-state index contributed by atoms with van der Waals surface area (Å²) in [4.78, 5) is 2.67. The van der Waals surface area contributed by atoms with Gasteiger partial charge in [-0.25, -0.2) is 0 Å². The van der Waals surface area contributed by atoms with E-state index in [2.05, 4.69) is 163 Å². The van der Waals surface area contributed by atoms with Gasteiger partial charge in [-0.2, -0.15) is 0 Å². The van der Waals surface area contributed by atoms with Crippen molar-refractivity contribution >= 4 is 49.2 Å². The minimum absolute atomic E-state index is 0.357. The molecular weight excluding hydrogens is 591 g/mol. The van der Waals surface area contributed by atoms with Gasteiger partial charge in [0.2, 0.25) is 0 Å². The van der Waals surface area contributed by atoms with Gasteiger partial charge in [0, 0.05) is 28.8 Å². The second-order valence-corrected chi connectivity index (χ2v) is 14.3. The number of anilines is 1. The van der Waals surface area contributed by atoms with Gasteiger partial charge in [-0.05, 0) is 109 Å². The van der Waals surface area contributed by atoms with E-state index in [4.69, 9.17) is 0 Å². The summed E-state index contributed by atoms with van der Waals surface area (Å²) in [5.74, 6) is 0.775. The molecule has 1 nitrogen and oxygen atoms in total. The van der Waals surface area contributed by atoms with E-state index in [1.165, 1.54) is 88.2 Å². The maximum Gasteiger partial charge on any atom is 0.0699 e. The second kappa shape index (κ2) is 10.4. The lowest BCUT2D eigenvalue weighted by molar-refractivity contribution is 0.685. The smallest absolute Gasteiger partial charge is 0.0699 e. The molecule has 0 fully saturated rings. The third-order valence-electron chi connectivity index (χ3n) is 11.8. The van der Waals surface area contributed by atoms with Crippen LogP contribution in [-0.2, 0) is 0 Å². The van der Waals surface area contributed by atoms with E-state index in [9.17, 15) is 0 Å². The zero-order chi connectivity index (χ0) is 32.1. The molecule has 0 aromatic heterocycles. The number of benzene rings is 6. The first-order chi connectivity index (χ1) is 24.3. The van der Waals surface area contributed by atoms with Gasteiger partial charge in [0.15, 0.2) is 0 Å². The topological polar surface area (TPSA) is 3.24 Å². The van der Waals surface area contributed by atoms with Crippen molar-refractivity contribution in [3.05, 3.63) is 186 Å². The van der Waals surface area contributed by atoms with Crippen molar-refractivity contribution in [2.24, 2.45) is 11.8 Å². The highest BCUT2D eigenvalue weighted by Gasteiger charge is 2.48. The molecule has 0 radical (unpaired) electrons. The van der Waals surface area contributed by atoms with Gasteiger partial charge in [0.25, 0.3) is 0 Å². The van der Waals surface area contributed by atoms with Crippen molar-refractivity contribution in [2.45, 2.75) is 25.3 Å². The van der Waals surface area contributed by atoms with E-state index in [0.717, 1.165) is 19.3 Å². The normalized spacial score (nSPS) is 21.9. The summed E-state index contributed by atoms with van der Waals surface area (Å²) in [7, 11) is 0. The molecule has 3 aliphatic carbocycles. The van der Waals surface area contributed by atoms with E-state index in [-0.39, 0.29) is 0 Å². The fourth-order valence-corrected chi connectivity index (χ4v) is 9.56. The minimum Gasteiger partial charge on any atom is -0.336 e.